The number of hydrogen-bond acceptors (Lipinski definition) is 5. The van der Waals surface area contributed by atoms with Gasteiger partial charge in [0, 0.05) is 55.3 Å². The van der Waals surface area contributed by atoms with E-state index in [0.717, 1.165) is 31.8 Å². The number of methoxy groups -OCH3 is 1. The van der Waals surface area contributed by atoms with E-state index in [-0.39, 0.29) is 18.1 Å². The quantitative estimate of drug-likeness (QED) is 0.759. The second kappa shape index (κ2) is 9.71. The van der Waals surface area contributed by atoms with Crippen LogP contribution in [0.1, 0.15) is 16.8 Å². The maximum atomic E-state index is 12.4. The fourth-order valence-corrected chi connectivity index (χ4v) is 4.06. The molecule has 2 aromatic rings. The van der Waals surface area contributed by atoms with Crippen LogP contribution in [0.25, 0.3) is 0 Å². The number of ether oxygens (including phenoxy) is 1. The number of amides is 1. The van der Waals surface area contributed by atoms with Gasteiger partial charge in [-0.05, 0) is 30.7 Å². The van der Waals surface area contributed by atoms with E-state index in [1.54, 1.807) is 7.11 Å². The summed E-state index contributed by atoms with van der Waals surface area (Å²) >= 11 is 1.84. The summed E-state index contributed by atoms with van der Waals surface area (Å²) in [5, 5.41) is 3.14. The minimum absolute atomic E-state index is 0.0161. The van der Waals surface area contributed by atoms with Gasteiger partial charge in [-0.15, -0.1) is 11.8 Å². The number of likely N-dealkylation sites (tertiary alicyclic amines) is 1. The molecule has 6 heteroatoms. The number of carbonyl (C=O) groups excluding carboxylic acids is 1. The van der Waals surface area contributed by atoms with E-state index in [1.807, 2.05) is 66.6 Å². The van der Waals surface area contributed by atoms with Crippen LogP contribution >= 0.6 is 11.8 Å². The molecule has 2 atom stereocenters. The molecule has 26 heavy (non-hydrogen) atoms. The number of rotatable bonds is 7. The van der Waals surface area contributed by atoms with Crippen molar-refractivity contribution in [3.05, 3.63) is 60.4 Å². The molecule has 1 N–H and O–H groups in total. The van der Waals surface area contributed by atoms with Gasteiger partial charge in [-0.3, -0.25) is 14.7 Å². The van der Waals surface area contributed by atoms with Crippen LogP contribution in [-0.4, -0.2) is 60.4 Å². The van der Waals surface area contributed by atoms with Crippen molar-refractivity contribution in [2.75, 3.05) is 32.5 Å². The van der Waals surface area contributed by atoms with Crippen LogP contribution < -0.4 is 5.32 Å². The zero-order valence-electron chi connectivity index (χ0n) is 15.0. The van der Waals surface area contributed by atoms with Crippen molar-refractivity contribution in [2.45, 2.75) is 23.5 Å². The fraction of sp³-hybridized carbons (Fsp3) is 0.400. The van der Waals surface area contributed by atoms with Crippen molar-refractivity contribution in [3.63, 3.8) is 0 Å². The van der Waals surface area contributed by atoms with Gasteiger partial charge in [-0.1, -0.05) is 18.2 Å². The van der Waals surface area contributed by atoms with Crippen LogP contribution in [-0.2, 0) is 4.74 Å². The van der Waals surface area contributed by atoms with Crippen molar-refractivity contribution >= 4 is 17.7 Å². The maximum Gasteiger partial charge on any atom is 0.251 e. The molecule has 3 rings (SSSR count). The van der Waals surface area contributed by atoms with Crippen LogP contribution in [0, 0.1) is 0 Å². The Balaban J connectivity index is 1.46. The summed E-state index contributed by atoms with van der Waals surface area (Å²) in [4.78, 5) is 20.1. The Morgan fingerprint density at radius 3 is 2.77 bits per heavy atom. The van der Waals surface area contributed by atoms with Gasteiger partial charge in [0.15, 0.2) is 0 Å². The van der Waals surface area contributed by atoms with E-state index in [0.29, 0.717) is 5.56 Å². The van der Waals surface area contributed by atoms with E-state index in [9.17, 15) is 4.79 Å². The minimum atomic E-state index is -0.0284. The van der Waals surface area contributed by atoms with Gasteiger partial charge >= 0.3 is 0 Å². The van der Waals surface area contributed by atoms with Crippen LogP contribution in [0.5, 0.6) is 0 Å². The highest BCUT2D eigenvalue weighted by Crippen LogP contribution is 2.19. The molecule has 0 radical (unpaired) electrons. The number of nitrogens with one attached hydrogen (secondary N) is 1. The Labute approximate surface area is 159 Å². The van der Waals surface area contributed by atoms with Crippen molar-refractivity contribution < 1.29 is 9.53 Å². The van der Waals surface area contributed by atoms with Crippen LogP contribution in [0.2, 0.25) is 0 Å². The molecule has 5 nitrogen and oxygen atoms in total. The molecule has 2 unspecified atom stereocenters. The number of nitrogens with zero attached hydrogens (tertiary/aromatic N) is 2. The Morgan fingerprint density at radius 2 is 2.04 bits per heavy atom. The average molecular weight is 372 g/mol. The maximum absolute atomic E-state index is 12.4. The Kier molecular flexibility index (Phi) is 7.05. The second-order valence-electron chi connectivity index (χ2n) is 6.34. The molecule has 1 aromatic carbocycles. The summed E-state index contributed by atoms with van der Waals surface area (Å²) < 4.78 is 5.66. The van der Waals surface area contributed by atoms with Gasteiger partial charge in [0.2, 0.25) is 0 Å². The van der Waals surface area contributed by atoms with E-state index >= 15 is 0 Å². The lowest BCUT2D eigenvalue weighted by atomic mass is 10.0. The number of pyridine rings is 1. The zero-order valence-corrected chi connectivity index (χ0v) is 15.8. The number of aromatic nitrogens is 1. The molecule has 1 fully saturated rings. The minimum Gasteiger partial charge on any atom is -0.378 e. The molecule has 0 aliphatic carbocycles. The monoisotopic (exact) mass is 371 g/mol. The van der Waals surface area contributed by atoms with E-state index in [4.69, 9.17) is 4.74 Å². The molecule has 2 heterocycles. The summed E-state index contributed by atoms with van der Waals surface area (Å²) in [6.07, 6.45) is 4.56. The number of benzene rings is 1. The zero-order chi connectivity index (χ0) is 18.2. The standard InChI is InChI=1S/C20H25N3O2S/c1-25-19-15-23(13-14-26-17-7-10-21-11-8-17)12-9-18(19)22-20(24)16-5-3-2-4-6-16/h2-8,10-11,18-19H,9,12-15H2,1H3,(H,22,24). The molecule has 0 bridgehead atoms. The smallest absolute Gasteiger partial charge is 0.251 e. The van der Waals surface area contributed by atoms with Crippen LogP contribution in [0.4, 0.5) is 0 Å². The van der Waals surface area contributed by atoms with Crippen LogP contribution in [0.15, 0.2) is 59.8 Å². The Bertz CT molecular complexity index is 684. The molecule has 138 valence electrons. The van der Waals surface area contributed by atoms with Gasteiger partial charge in [-0.25, -0.2) is 0 Å². The lowest BCUT2D eigenvalue weighted by molar-refractivity contribution is 0.00837. The molecule has 1 aliphatic heterocycles. The fourth-order valence-electron chi connectivity index (χ4n) is 3.16. The van der Waals surface area contributed by atoms with Gasteiger partial charge in [0.25, 0.3) is 5.91 Å². The third kappa shape index (κ3) is 5.30. The molecular weight excluding hydrogens is 346 g/mol. The molecule has 1 aromatic heterocycles. The first-order valence-electron chi connectivity index (χ1n) is 8.90. The number of thioether (sulfide) groups is 1. The van der Waals surface area contributed by atoms with E-state index < -0.39 is 0 Å². The summed E-state index contributed by atoms with van der Waals surface area (Å²) in [6, 6.07) is 13.5. The highest BCUT2D eigenvalue weighted by atomic mass is 32.2. The third-order valence-electron chi connectivity index (χ3n) is 4.62. The van der Waals surface area contributed by atoms with Crippen LogP contribution in [0.3, 0.4) is 0 Å². The third-order valence-corrected chi connectivity index (χ3v) is 5.62. The normalized spacial score (nSPS) is 20.7. The number of piperidine rings is 1. The predicted octanol–water partition coefficient (Wildman–Crippen LogP) is 2.69. The van der Waals surface area contributed by atoms with Gasteiger partial charge < -0.3 is 10.1 Å². The lowest BCUT2D eigenvalue weighted by Gasteiger charge is -2.38. The van der Waals surface area contributed by atoms with Gasteiger partial charge in [-0.2, -0.15) is 0 Å². The lowest BCUT2D eigenvalue weighted by Crippen LogP contribution is -2.55. The molecule has 1 aliphatic rings. The van der Waals surface area contributed by atoms with Crippen molar-refractivity contribution in [2.24, 2.45) is 0 Å². The average Bonchev–Trinajstić information content (AvgIpc) is 2.70. The van der Waals surface area contributed by atoms with Crippen molar-refractivity contribution in [3.8, 4) is 0 Å². The first-order chi connectivity index (χ1) is 12.8. The SMILES string of the molecule is COC1CN(CCSc2ccncc2)CCC1NC(=O)c1ccccc1. The van der Waals surface area contributed by atoms with E-state index in [1.165, 1.54) is 4.90 Å². The predicted molar refractivity (Wildman–Crippen MR) is 105 cm³/mol. The highest BCUT2D eigenvalue weighted by Gasteiger charge is 2.30. The molecule has 1 amide bonds. The first-order valence-corrected chi connectivity index (χ1v) is 9.88. The molecular formula is C20H25N3O2S. The number of hydrogen-bond donors (Lipinski definition) is 1. The highest BCUT2D eigenvalue weighted by molar-refractivity contribution is 7.99. The Morgan fingerprint density at radius 1 is 1.27 bits per heavy atom. The number of carbonyl (C=O) groups is 1. The summed E-state index contributed by atoms with van der Waals surface area (Å²) in [5.74, 6) is 1.00. The van der Waals surface area contributed by atoms with Gasteiger partial charge in [0.1, 0.15) is 0 Å². The van der Waals surface area contributed by atoms with Gasteiger partial charge in [0.05, 0.1) is 12.1 Å². The summed E-state index contributed by atoms with van der Waals surface area (Å²) in [5.41, 5.74) is 0.693. The Hall–Kier alpha value is -1.89. The van der Waals surface area contributed by atoms with Crippen molar-refractivity contribution in [1.29, 1.82) is 0 Å². The first kappa shape index (κ1) is 18.9. The summed E-state index contributed by atoms with van der Waals surface area (Å²) in [6.45, 7) is 2.82. The largest absolute Gasteiger partial charge is 0.378 e. The molecule has 1 saturated heterocycles. The molecule has 0 saturated carbocycles. The summed E-state index contributed by atoms with van der Waals surface area (Å²) in [7, 11) is 1.72. The van der Waals surface area contributed by atoms with Crippen molar-refractivity contribution in [1.82, 2.24) is 15.2 Å². The van der Waals surface area contributed by atoms with E-state index in [2.05, 4.69) is 15.2 Å². The molecule has 0 spiro atoms. The topological polar surface area (TPSA) is 54.5 Å². The second-order valence-corrected chi connectivity index (χ2v) is 7.51.